The second-order valence-corrected chi connectivity index (χ2v) is 8.15. The molecule has 2 aromatic heterocycles. The Hall–Kier alpha value is -2.67. The van der Waals surface area contributed by atoms with Gasteiger partial charge >= 0.3 is 0 Å². The van der Waals surface area contributed by atoms with Gasteiger partial charge in [0.15, 0.2) is 5.13 Å². The number of benzene rings is 1. The number of para-hydroxylation sites is 1. The van der Waals surface area contributed by atoms with Crippen molar-refractivity contribution in [1.82, 2.24) is 15.3 Å². The molecule has 0 saturated carbocycles. The largest absolute Gasteiger partial charge is 0.361 e. The lowest BCUT2D eigenvalue weighted by Gasteiger charge is -2.05. The zero-order valence-electron chi connectivity index (χ0n) is 16.2. The van der Waals surface area contributed by atoms with Crippen LogP contribution in [0.3, 0.4) is 0 Å². The summed E-state index contributed by atoms with van der Waals surface area (Å²) in [4.78, 5) is 32.6. The van der Waals surface area contributed by atoms with Gasteiger partial charge in [-0.3, -0.25) is 9.59 Å². The molecule has 2 heterocycles. The molecule has 3 aromatic rings. The summed E-state index contributed by atoms with van der Waals surface area (Å²) >= 11 is 1.49. The fraction of sp³-hybridized carbons (Fsp3) is 0.381. The molecule has 0 atom stereocenters. The van der Waals surface area contributed by atoms with E-state index < -0.39 is 0 Å². The number of carbonyl (C=O) groups excluding carboxylic acids is 2. The Morgan fingerprint density at radius 2 is 2.00 bits per heavy atom. The highest BCUT2D eigenvalue weighted by atomic mass is 32.1. The molecular formula is C21H26N4O2S. The minimum absolute atomic E-state index is 0.0241. The quantitative estimate of drug-likeness (QED) is 0.504. The van der Waals surface area contributed by atoms with Crippen LogP contribution in [0.25, 0.3) is 10.9 Å². The van der Waals surface area contributed by atoms with Crippen LogP contribution in [0.4, 0.5) is 5.13 Å². The zero-order chi connectivity index (χ0) is 19.9. The average Bonchev–Trinajstić information content (AvgIpc) is 3.29. The summed E-state index contributed by atoms with van der Waals surface area (Å²) in [5.74, 6) is 0.236. The predicted octanol–water partition coefficient (Wildman–Crippen LogP) is 4.22. The van der Waals surface area contributed by atoms with Crippen molar-refractivity contribution in [2.24, 2.45) is 0 Å². The molecule has 6 nitrogen and oxygen atoms in total. The number of aryl methyl sites for hydroxylation is 1. The maximum atomic E-state index is 12.0. The number of hydrogen-bond acceptors (Lipinski definition) is 4. The van der Waals surface area contributed by atoms with E-state index in [1.165, 1.54) is 22.3 Å². The Morgan fingerprint density at radius 1 is 1.18 bits per heavy atom. The van der Waals surface area contributed by atoms with Crippen molar-refractivity contribution >= 4 is 39.2 Å². The van der Waals surface area contributed by atoms with Gasteiger partial charge in [0.1, 0.15) is 0 Å². The summed E-state index contributed by atoms with van der Waals surface area (Å²) in [5.41, 5.74) is 2.35. The van der Waals surface area contributed by atoms with Crippen molar-refractivity contribution < 1.29 is 9.59 Å². The van der Waals surface area contributed by atoms with Gasteiger partial charge in [-0.05, 0) is 30.4 Å². The van der Waals surface area contributed by atoms with E-state index in [-0.39, 0.29) is 18.2 Å². The van der Waals surface area contributed by atoms with Crippen LogP contribution in [0.5, 0.6) is 0 Å². The van der Waals surface area contributed by atoms with E-state index >= 15 is 0 Å². The average molecular weight is 399 g/mol. The number of aromatic nitrogens is 2. The van der Waals surface area contributed by atoms with Gasteiger partial charge in [0, 0.05) is 47.6 Å². The first kappa shape index (κ1) is 20.1. The maximum absolute atomic E-state index is 12.0. The van der Waals surface area contributed by atoms with Gasteiger partial charge in [0.25, 0.3) is 0 Å². The Labute approximate surface area is 168 Å². The van der Waals surface area contributed by atoms with Crippen LogP contribution in [0, 0.1) is 0 Å². The number of nitrogens with one attached hydrogen (secondary N) is 3. The Bertz CT molecular complexity index is 945. The molecule has 2 amide bonds. The summed E-state index contributed by atoms with van der Waals surface area (Å²) in [5, 5.41) is 7.42. The summed E-state index contributed by atoms with van der Waals surface area (Å²) in [6.45, 7) is 4.51. The van der Waals surface area contributed by atoms with Gasteiger partial charge in [0.2, 0.25) is 11.8 Å². The smallest absolute Gasteiger partial charge is 0.227 e. The van der Waals surface area contributed by atoms with E-state index in [4.69, 9.17) is 0 Å². The second kappa shape index (κ2) is 9.50. The molecule has 0 bridgehead atoms. The minimum atomic E-state index is -0.135. The number of nitrogens with zero attached hydrogens (tertiary/aromatic N) is 1. The fourth-order valence-corrected chi connectivity index (χ4v) is 3.81. The summed E-state index contributed by atoms with van der Waals surface area (Å²) in [6, 6.07) is 8.16. The summed E-state index contributed by atoms with van der Waals surface area (Å²) < 4.78 is 0. The normalized spacial score (nSPS) is 11.1. The van der Waals surface area contributed by atoms with Crippen molar-refractivity contribution in [2.75, 3.05) is 11.9 Å². The number of hydrogen-bond donors (Lipinski definition) is 3. The number of amides is 2. The first-order valence-corrected chi connectivity index (χ1v) is 10.4. The molecule has 3 N–H and O–H groups in total. The molecule has 7 heteroatoms. The molecule has 3 rings (SSSR count). The molecule has 148 valence electrons. The molecule has 0 saturated heterocycles. The number of H-pyrrole nitrogens is 1. The maximum Gasteiger partial charge on any atom is 0.227 e. The van der Waals surface area contributed by atoms with E-state index in [0.29, 0.717) is 24.0 Å². The lowest BCUT2D eigenvalue weighted by molar-refractivity contribution is -0.121. The molecule has 0 spiro atoms. The van der Waals surface area contributed by atoms with Gasteiger partial charge in [-0.2, -0.15) is 0 Å². The Morgan fingerprint density at radius 3 is 2.79 bits per heavy atom. The molecule has 0 radical (unpaired) electrons. The molecule has 1 aromatic carbocycles. The van der Waals surface area contributed by atoms with Crippen molar-refractivity contribution in [3.63, 3.8) is 0 Å². The van der Waals surface area contributed by atoms with Crippen molar-refractivity contribution in [1.29, 1.82) is 0 Å². The Kier molecular flexibility index (Phi) is 6.81. The highest BCUT2D eigenvalue weighted by Crippen LogP contribution is 2.25. The number of anilines is 1. The van der Waals surface area contributed by atoms with Crippen LogP contribution in [0.1, 0.15) is 49.5 Å². The van der Waals surface area contributed by atoms with Gasteiger partial charge in [-0.25, -0.2) is 4.98 Å². The predicted molar refractivity (Wildman–Crippen MR) is 114 cm³/mol. The van der Waals surface area contributed by atoms with Crippen molar-refractivity contribution in [2.45, 2.75) is 45.4 Å². The molecule has 0 unspecified atom stereocenters. The van der Waals surface area contributed by atoms with Crippen molar-refractivity contribution in [3.05, 3.63) is 47.1 Å². The zero-order valence-corrected chi connectivity index (χ0v) is 17.1. The topological polar surface area (TPSA) is 86.9 Å². The minimum Gasteiger partial charge on any atom is -0.361 e. The number of fused-ring (bicyclic) bond motifs is 1. The van der Waals surface area contributed by atoms with E-state index in [1.54, 1.807) is 6.20 Å². The summed E-state index contributed by atoms with van der Waals surface area (Å²) in [7, 11) is 0. The molecule has 0 aliphatic carbocycles. The van der Waals surface area contributed by atoms with Crippen LogP contribution >= 0.6 is 11.3 Å². The summed E-state index contributed by atoms with van der Waals surface area (Å²) in [6.07, 6.45) is 6.11. The highest BCUT2D eigenvalue weighted by Gasteiger charge is 2.10. The molecule has 28 heavy (non-hydrogen) atoms. The van der Waals surface area contributed by atoms with Crippen LogP contribution in [0.15, 0.2) is 36.7 Å². The van der Waals surface area contributed by atoms with Crippen LogP contribution in [0.2, 0.25) is 0 Å². The van der Waals surface area contributed by atoms with E-state index in [0.717, 1.165) is 23.2 Å². The Balaban J connectivity index is 1.33. The monoisotopic (exact) mass is 398 g/mol. The fourth-order valence-electron chi connectivity index (χ4n) is 2.97. The van der Waals surface area contributed by atoms with Gasteiger partial charge in [0.05, 0.1) is 0 Å². The van der Waals surface area contributed by atoms with E-state index in [2.05, 4.69) is 40.5 Å². The number of thiazole rings is 1. The highest BCUT2D eigenvalue weighted by molar-refractivity contribution is 7.15. The second-order valence-electron chi connectivity index (χ2n) is 7.08. The number of aromatic amines is 1. The SMILES string of the molecule is CC(C)c1cnc(NC(=O)CCNC(=O)CCCc2c[nH]c3ccccc23)s1. The number of rotatable bonds is 9. The van der Waals surface area contributed by atoms with Crippen molar-refractivity contribution in [3.8, 4) is 0 Å². The number of carbonyl (C=O) groups is 2. The first-order chi connectivity index (χ1) is 13.5. The molecule has 0 aliphatic heterocycles. The van der Waals surface area contributed by atoms with Crippen LogP contribution in [-0.4, -0.2) is 28.3 Å². The molecule has 0 fully saturated rings. The third-order valence-electron chi connectivity index (χ3n) is 4.54. The van der Waals surface area contributed by atoms with E-state index in [1.807, 2.05) is 24.4 Å². The van der Waals surface area contributed by atoms with Gasteiger partial charge in [-0.15, -0.1) is 11.3 Å². The molecule has 0 aliphatic rings. The first-order valence-electron chi connectivity index (χ1n) is 9.60. The van der Waals surface area contributed by atoms with Gasteiger partial charge in [-0.1, -0.05) is 32.0 Å². The standard InChI is InChI=1S/C21H26N4O2S/c1-14(2)18-13-24-21(28-18)25-20(27)10-11-22-19(26)9-5-6-15-12-23-17-8-4-3-7-16(15)17/h3-4,7-8,12-14,23H,5-6,9-11H2,1-2H3,(H,22,26)(H,24,25,27). The molecular weight excluding hydrogens is 372 g/mol. The van der Waals surface area contributed by atoms with Crippen LogP contribution < -0.4 is 10.6 Å². The third kappa shape index (κ3) is 5.42. The van der Waals surface area contributed by atoms with E-state index in [9.17, 15) is 9.59 Å². The third-order valence-corrected chi connectivity index (χ3v) is 5.75. The lowest BCUT2D eigenvalue weighted by atomic mass is 10.1. The lowest BCUT2D eigenvalue weighted by Crippen LogP contribution is -2.27. The van der Waals surface area contributed by atoms with Gasteiger partial charge < -0.3 is 15.6 Å². The van der Waals surface area contributed by atoms with Crippen LogP contribution in [-0.2, 0) is 16.0 Å².